The molecule has 0 aromatic rings. The van der Waals surface area contributed by atoms with Crippen molar-refractivity contribution in [2.75, 3.05) is 0 Å². The van der Waals surface area contributed by atoms with Crippen molar-refractivity contribution < 1.29 is 4.80 Å². The lowest BCUT2D eigenvalue weighted by atomic mass is 10.4. The number of hydrogen-bond donors (Lipinski definition) is 1. The van der Waals surface area contributed by atoms with Gasteiger partial charge in [-0.25, -0.2) is 0 Å². The molecule has 86 valence electrons. The molecule has 3 aliphatic rings. The predicted octanol–water partition coefficient (Wildman–Crippen LogP) is 3.41. The summed E-state index contributed by atoms with van der Waals surface area (Å²) in [5.74, 6) is 0. The molecule has 0 bridgehead atoms. The van der Waals surface area contributed by atoms with Crippen LogP contribution >= 0.6 is 0 Å². The topological polar surface area (TPSA) is 20.2 Å². The lowest BCUT2D eigenvalue weighted by molar-refractivity contribution is 0.514. The van der Waals surface area contributed by atoms with Crippen molar-refractivity contribution in [2.45, 2.75) is 16.6 Å². The molecule has 0 aromatic carbocycles. The average molecular weight is 240 g/mol. The van der Waals surface area contributed by atoms with Crippen molar-refractivity contribution in [3.8, 4) is 0 Å². The summed E-state index contributed by atoms with van der Waals surface area (Å²) in [6.07, 6.45) is 25.2. The van der Waals surface area contributed by atoms with Crippen LogP contribution in [0.5, 0.6) is 0 Å². The Morgan fingerprint density at radius 2 is 0.765 bits per heavy atom. The first-order chi connectivity index (χ1) is 8.32. The van der Waals surface area contributed by atoms with Gasteiger partial charge in [0.05, 0.1) is 0 Å². The predicted molar refractivity (Wildman–Crippen MR) is 74.1 cm³/mol. The molecule has 0 spiro atoms. The second kappa shape index (κ2) is 4.13. The lowest BCUT2D eigenvalue weighted by Crippen LogP contribution is -2.45. The molecule has 0 amide bonds. The molecule has 0 heterocycles. The minimum Gasteiger partial charge on any atom is -0.429 e. The van der Waals surface area contributed by atoms with Crippen molar-refractivity contribution in [3.63, 3.8) is 0 Å². The summed E-state index contributed by atoms with van der Waals surface area (Å²) in [6.45, 7) is 0. The minimum absolute atomic E-state index is 0.220. The molecule has 0 saturated heterocycles. The Balaban J connectivity index is 1.99. The van der Waals surface area contributed by atoms with Gasteiger partial charge in [-0.3, -0.25) is 0 Å². The van der Waals surface area contributed by atoms with Crippen LogP contribution in [0.4, 0.5) is 0 Å². The van der Waals surface area contributed by atoms with Gasteiger partial charge in [-0.2, -0.15) is 0 Å². The number of hydrogen-bond acceptors (Lipinski definition) is 1. The van der Waals surface area contributed by atoms with Crippen molar-refractivity contribution in [2.24, 2.45) is 0 Å². The molecule has 1 N–H and O–H groups in total. The van der Waals surface area contributed by atoms with E-state index in [0.717, 1.165) is 0 Å². The quantitative estimate of drug-likeness (QED) is 0.750. The van der Waals surface area contributed by atoms with E-state index in [-0.39, 0.29) is 16.6 Å². The molecule has 0 atom stereocenters. The van der Waals surface area contributed by atoms with E-state index in [4.69, 9.17) is 0 Å². The Morgan fingerprint density at radius 1 is 0.529 bits per heavy atom. The number of rotatable bonds is 3. The largest absolute Gasteiger partial charge is 0.429 e. The first-order valence-corrected chi connectivity index (χ1v) is 8.27. The average Bonchev–Trinajstić information content (AvgIpc) is 3.10. The summed E-state index contributed by atoms with van der Waals surface area (Å²) < 4.78 is 0. The maximum atomic E-state index is 11.3. The molecular formula is C15H16OSi. The zero-order valence-electron chi connectivity index (χ0n) is 9.61. The van der Waals surface area contributed by atoms with Crippen LogP contribution in [0.3, 0.4) is 0 Å². The third-order valence-corrected chi connectivity index (χ3v) is 8.20. The van der Waals surface area contributed by atoms with Gasteiger partial charge in [-0.1, -0.05) is 72.9 Å². The van der Waals surface area contributed by atoms with E-state index in [0.29, 0.717) is 0 Å². The Bertz CT molecular complexity index is 374. The second-order valence-corrected chi connectivity index (χ2v) is 8.55. The van der Waals surface area contributed by atoms with Crippen LogP contribution in [0.1, 0.15) is 0 Å². The van der Waals surface area contributed by atoms with Crippen LogP contribution in [-0.2, 0) is 0 Å². The summed E-state index contributed by atoms with van der Waals surface area (Å²) in [4.78, 5) is 11.3. The second-order valence-electron chi connectivity index (χ2n) is 4.77. The van der Waals surface area contributed by atoms with Crippen molar-refractivity contribution in [3.05, 3.63) is 72.9 Å². The van der Waals surface area contributed by atoms with E-state index in [2.05, 4.69) is 36.5 Å². The molecule has 0 aromatic heterocycles. The molecule has 0 radical (unpaired) electrons. The first-order valence-electron chi connectivity index (χ1n) is 6.09. The summed E-state index contributed by atoms with van der Waals surface area (Å²) in [5.41, 5.74) is 0.659. The van der Waals surface area contributed by atoms with Crippen LogP contribution < -0.4 is 0 Å². The van der Waals surface area contributed by atoms with Crippen LogP contribution in [0.25, 0.3) is 0 Å². The highest BCUT2D eigenvalue weighted by molar-refractivity contribution is 6.80. The molecule has 3 rings (SSSR count). The van der Waals surface area contributed by atoms with Gasteiger partial charge in [0.25, 0.3) is 0 Å². The molecule has 0 saturated carbocycles. The highest BCUT2D eigenvalue weighted by Crippen LogP contribution is 2.47. The van der Waals surface area contributed by atoms with Crippen LogP contribution in [0.2, 0.25) is 16.6 Å². The van der Waals surface area contributed by atoms with Crippen molar-refractivity contribution in [1.29, 1.82) is 0 Å². The maximum Gasteiger partial charge on any atom is 0.219 e. The SMILES string of the molecule is O[Si](C1C=CC=C1)(C1C=CC=C1)C1C=CC=C1. The zero-order valence-corrected chi connectivity index (χ0v) is 10.6. The Labute approximate surface area is 103 Å². The van der Waals surface area contributed by atoms with E-state index in [9.17, 15) is 4.80 Å². The van der Waals surface area contributed by atoms with E-state index >= 15 is 0 Å². The van der Waals surface area contributed by atoms with E-state index in [1.807, 2.05) is 36.5 Å². The molecule has 0 unspecified atom stereocenters. The summed E-state index contributed by atoms with van der Waals surface area (Å²) in [5, 5.41) is 0. The molecular weight excluding hydrogens is 224 g/mol. The van der Waals surface area contributed by atoms with Crippen molar-refractivity contribution >= 4 is 8.32 Å². The Kier molecular flexibility index (Phi) is 2.61. The highest BCUT2D eigenvalue weighted by atomic mass is 28.4. The van der Waals surface area contributed by atoms with Crippen LogP contribution in [-0.4, -0.2) is 13.1 Å². The van der Waals surface area contributed by atoms with E-state index in [1.165, 1.54) is 0 Å². The monoisotopic (exact) mass is 240 g/mol. The fourth-order valence-electron chi connectivity index (χ4n) is 2.89. The summed E-state index contributed by atoms with van der Waals surface area (Å²) in [7, 11) is -2.47. The van der Waals surface area contributed by atoms with Crippen LogP contribution in [0.15, 0.2) is 72.9 Å². The molecule has 1 nitrogen and oxygen atoms in total. The standard InChI is InChI=1S/C15H16OSi/c16-17(13-7-1-2-8-13,14-9-3-4-10-14)15-11-5-6-12-15/h1-16H. The number of allylic oxidation sites excluding steroid dienone is 12. The van der Waals surface area contributed by atoms with Gasteiger partial charge in [0, 0.05) is 16.6 Å². The van der Waals surface area contributed by atoms with Crippen LogP contribution in [0, 0.1) is 0 Å². The van der Waals surface area contributed by atoms with Gasteiger partial charge in [-0.05, 0) is 0 Å². The fraction of sp³-hybridized carbons (Fsp3) is 0.200. The molecule has 2 heteroatoms. The summed E-state index contributed by atoms with van der Waals surface area (Å²) >= 11 is 0. The highest BCUT2D eigenvalue weighted by Gasteiger charge is 2.49. The maximum absolute atomic E-state index is 11.3. The Hall–Kier alpha value is -1.38. The molecule has 0 aliphatic heterocycles. The smallest absolute Gasteiger partial charge is 0.219 e. The molecule has 3 aliphatic carbocycles. The van der Waals surface area contributed by atoms with Gasteiger partial charge >= 0.3 is 0 Å². The van der Waals surface area contributed by atoms with E-state index in [1.54, 1.807) is 0 Å². The lowest BCUT2D eigenvalue weighted by Gasteiger charge is -2.37. The van der Waals surface area contributed by atoms with Gasteiger partial charge < -0.3 is 4.80 Å². The molecule has 0 fully saturated rings. The van der Waals surface area contributed by atoms with Gasteiger partial charge in [0.2, 0.25) is 8.32 Å². The normalized spacial score (nSPS) is 23.8. The summed E-state index contributed by atoms with van der Waals surface area (Å²) in [6, 6.07) is 0. The fourth-order valence-corrected chi connectivity index (χ4v) is 6.74. The van der Waals surface area contributed by atoms with E-state index < -0.39 is 8.32 Å². The Morgan fingerprint density at radius 3 is 1.00 bits per heavy atom. The first kappa shape index (κ1) is 10.8. The molecule has 17 heavy (non-hydrogen) atoms. The van der Waals surface area contributed by atoms with Gasteiger partial charge in [-0.15, -0.1) is 0 Å². The third kappa shape index (κ3) is 1.64. The minimum atomic E-state index is -2.47. The third-order valence-electron chi connectivity index (χ3n) is 3.85. The van der Waals surface area contributed by atoms with Crippen molar-refractivity contribution in [1.82, 2.24) is 0 Å². The zero-order chi connectivity index (χ0) is 11.7. The van der Waals surface area contributed by atoms with Gasteiger partial charge in [0.1, 0.15) is 0 Å². The van der Waals surface area contributed by atoms with Gasteiger partial charge in [0.15, 0.2) is 0 Å².